The minimum absolute atomic E-state index is 0.0573. The lowest BCUT2D eigenvalue weighted by molar-refractivity contribution is 0.0811. The van der Waals surface area contributed by atoms with Crippen molar-refractivity contribution < 1.29 is 9.53 Å². The molecule has 0 radical (unpaired) electrons. The fourth-order valence-electron chi connectivity index (χ4n) is 3.72. The van der Waals surface area contributed by atoms with Crippen molar-refractivity contribution in [1.82, 2.24) is 14.7 Å². The molecule has 5 nitrogen and oxygen atoms in total. The summed E-state index contributed by atoms with van der Waals surface area (Å²) in [5, 5.41) is 4.60. The molecular formula is C21H29N3O2. The molecule has 0 N–H and O–H groups in total. The lowest BCUT2D eigenvalue weighted by Crippen LogP contribution is -2.38. The maximum Gasteiger partial charge on any atom is 0.167 e. The largest absolute Gasteiger partial charge is 0.497 e. The van der Waals surface area contributed by atoms with E-state index in [0.29, 0.717) is 0 Å². The third kappa shape index (κ3) is 4.33. The highest BCUT2D eigenvalue weighted by Gasteiger charge is 2.27. The first-order valence-corrected chi connectivity index (χ1v) is 9.54. The van der Waals surface area contributed by atoms with E-state index in [9.17, 15) is 4.79 Å². The Morgan fingerprint density at radius 3 is 3.00 bits per heavy atom. The molecule has 1 saturated heterocycles. The standard InChI is InChI=1S/C21H29N3O2/c1-4-10-24-15-19(16(2)22-24)14-23-11-6-8-18(13-23)21(25)17-7-5-9-20(12-17)26-3/h5,7,9,12,15,18H,4,6,8,10-11,13-14H2,1-3H3/t18-/m0/s1. The molecule has 1 atom stereocenters. The number of carbonyl (C=O) groups excluding carboxylic acids is 1. The molecule has 1 aromatic carbocycles. The molecule has 0 amide bonds. The molecule has 0 spiro atoms. The summed E-state index contributed by atoms with van der Waals surface area (Å²) < 4.78 is 7.29. The normalized spacial score (nSPS) is 18.0. The van der Waals surface area contributed by atoms with Gasteiger partial charge in [0.2, 0.25) is 0 Å². The van der Waals surface area contributed by atoms with Crippen LogP contribution in [0, 0.1) is 12.8 Å². The Hall–Kier alpha value is -2.14. The number of aryl methyl sites for hydroxylation is 2. The van der Waals surface area contributed by atoms with Gasteiger partial charge < -0.3 is 4.74 Å². The number of hydrogen-bond acceptors (Lipinski definition) is 4. The van der Waals surface area contributed by atoms with Crippen LogP contribution < -0.4 is 4.74 Å². The van der Waals surface area contributed by atoms with Gasteiger partial charge in [-0.25, -0.2) is 0 Å². The predicted molar refractivity (Wildman–Crippen MR) is 103 cm³/mol. The summed E-state index contributed by atoms with van der Waals surface area (Å²) in [6, 6.07) is 7.50. The van der Waals surface area contributed by atoms with Crippen molar-refractivity contribution in [2.75, 3.05) is 20.2 Å². The van der Waals surface area contributed by atoms with Crippen LogP contribution >= 0.6 is 0 Å². The molecule has 26 heavy (non-hydrogen) atoms. The predicted octanol–water partition coefficient (Wildman–Crippen LogP) is 3.71. The molecule has 1 aromatic heterocycles. The van der Waals surface area contributed by atoms with Gasteiger partial charge in [-0.2, -0.15) is 5.10 Å². The summed E-state index contributed by atoms with van der Waals surface area (Å²) in [6.07, 6.45) is 5.26. The third-order valence-corrected chi connectivity index (χ3v) is 5.13. The summed E-state index contributed by atoms with van der Waals surface area (Å²) >= 11 is 0. The van der Waals surface area contributed by atoms with Gasteiger partial charge in [0.15, 0.2) is 5.78 Å². The first-order chi connectivity index (χ1) is 12.6. The van der Waals surface area contributed by atoms with Crippen LogP contribution in [-0.4, -0.2) is 40.7 Å². The van der Waals surface area contributed by atoms with Gasteiger partial charge >= 0.3 is 0 Å². The highest BCUT2D eigenvalue weighted by molar-refractivity contribution is 5.98. The topological polar surface area (TPSA) is 47.4 Å². The van der Waals surface area contributed by atoms with Crippen LogP contribution in [0.15, 0.2) is 30.5 Å². The zero-order chi connectivity index (χ0) is 18.5. The van der Waals surface area contributed by atoms with Crippen molar-refractivity contribution >= 4 is 5.78 Å². The van der Waals surface area contributed by atoms with E-state index in [0.717, 1.165) is 62.4 Å². The van der Waals surface area contributed by atoms with Gasteiger partial charge in [0, 0.05) is 42.9 Å². The summed E-state index contributed by atoms with van der Waals surface area (Å²) in [7, 11) is 1.63. The van der Waals surface area contributed by atoms with E-state index in [1.807, 2.05) is 28.9 Å². The Labute approximate surface area is 156 Å². The van der Waals surface area contributed by atoms with Gasteiger partial charge in [0.05, 0.1) is 12.8 Å². The van der Waals surface area contributed by atoms with Crippen LogP contribution in [-0.2, 0) is 13.1 Å². The number of ether oxygens (including phenoxy) is 1. The zero-order valence-electron chi connectivity index (χ0n) is 16.1. The van der Waals surface area contributed by atoms with E-state index in [-0.39, 0.29) is 11.7 Å². The van der Waals surface area contributed by atoms with Crippen molar-refractivity contribution in [3.63, 3.8) is 0 Å². The van der Waals surface area contributed by atoms with Crippen LogP contribution in [0.2, 0.25) is 0 Å². The van der Waals surface area contributed by atoms with E-state index in [1.165, 1.54) is 5.56 Å². The smallest absolute Gasteiger partial charge is 0.167 e. The van der Waals surface area contributed by atoms with E-state index in [1.54, 1.807) is 7.11 Å². The molecule has 0 saturated carbocycles. The zero-order valence-corrected chi connectivity index (χ0v) is 16.1. The first kappa shape index (κ1) is 18.6. The summed E-state index contributed by atoms with van der Waals surface area (Å²) in [6.45, 7) is 7.92. The van der Waals surface area contributed by atoms with Crippen molar-refractivity contribution in [3.8, 4) is 5.75 Å². The Bertz CT molecular complexity index is 753. The maximum absolute atomic E-state index is 12.9. The molecule has 1 aliphatic heterocycles. The Morgan fingerprint density at radius 2 is 2.23 bits per heavy atom. The Morgan fingerprint density at radius 1 is 1.38 bits per heavy atom. The third-order valence-electron chi connectivity index (χ3n) is 5.13. The highest BCUT2D eigenvalue weighted by Crippen LogP contribution is 2.24. The molecule has 0 unspecified atom stereocenters. The van der Waals surface area contributed by atoms with Crippen LogP contribution in [0.3, 0.4) is 0 Å². The lowest BCUT2D eigenvalue weighted by Gasteiger charge is -2.31. The van der Waals surface area contributed by atoms with E-state index in [2.05, 4.69) is 30.0 Å². The summed E-state index contributed by atoms with van der Waals surface area (Å²) in [5.41, 5.74) is 3.12. The number of rotatable bonds is 7. The van der Waals surface area contributed by atoms with E-state index < -0.39 is 0 Å². The number of Topliss-reactive ketones (excluding diaryl/α,β-unsaturated/α-hetero) is 1. The number of hydrogen-bond donors (Lipinski definition) is 0. The van der Waals surface area contributed by atoms with Gasteiger partial charge in [-0.05, 0) is 44.9 Å². The summed E-state index contributed by atoms with van der Waals surface area (Å²) in [5.74, 6) is 1.02. The number of carbonyl (C=O) groups is 1. The summed E-state index contributed by atoms with van der Waals surface area (Å²) in [4.78, 5) is 15.3. The van der Waals surface area contributed by atoms with Crippen molar-refractivity contribution in [2.24, 2.45) is 5.92 Å². The monoisotopic (exact) mass is 355 g/mol. The van der Waals surface area contributed by atoms with Crippen molar-refractivity contribution in [2.45, 2.75) is 46.2 Å². The molecule has 0 bridgehead atoms. The Balaban J connectivity index is 1.66. The number of aromatic nitrogens is 2. The fraction of sp³-hybridized carbons (Fsp3) is 0.524. The first-order valence-electron chi connectivity index (χ1n) is 9.54. The quantitative estimate of drug-likeness (QED) is 0.711. The van der Waals surface area contributed by atoms with Crippen LogP contribution in [0.4, 0.5) is 0 Å². The molecule has 2 aromatic rings. The SMILES string of the molecule is CCCn1cc(CN2CCC[C@H](C(=O)c3cccc(OC)c3)C2)c(C)n1. The number of piperidine rings is 1. The average Bonchev–Trinajstić information content (AvgIpc) is 3.00. The second kappa shape index (κ2) is 8.49. The molecule has 1 aliphatic rings. The fourth-order valence-corrected chi connectivity index (χ4v) is 3.72. The minimum Gasteiger partial charge on any atom is -0.497 e. The lowest BCUT2D eigenvalue weighted by atomic mass is 9.89. The van der Waals surface area contributed by atoms with E-state index in [4.69, 9.17) is 4.74 Å². The number of methoxy groups -OCH3 is 1. The van der Waals surface area contributed by atoms with Gasteiger partial charge in [-0.1, -0.05) is 19.1 Å². The molecule has 0 aliphatic carbocycles. The molecule has 2 heterocycles. The van der Waals surface area contributed by atoms with Crippen molar-refractivity contribution in [1.29, 1.82) is 0 Å². The van der Waals surface area contributed by atoms with Gasteiger partial charge in [-0.3, -0.25) is 14.4 Å². The van der Waals surface area contributed by atoms with Gasteiger partial charge in [-0.15, -0.1) is 0 Å². The molecule has 3 rings (SSSR count). The number of nitrogens with zero attached hydrogens (tertiary/aromatic N) is 3. The van der Waals surface area contributed by atoms with Crippen LogP contribution in [0.5, 0.6) is 5.75 Å². The molecule has 140 valence electrons. The number of ketones is 1. The maximum atomic E-state index is 12.9. The Kier molecular flexibility index (Phi) is 6.09. The van der Waals surface area contributed by atoms with Crippen LogP contribution in [0.25, 0.3) is 0 Å². The second-order valence-corrected chi connectivity index (χ2v) is 7.17. The molecule has 1 fully saturated rings. The molecular weight excluding hydrogens is 326 g/mol. The molecule has 5 heteroatoms. The van der Waals surface area contributed by atoms with E-state index >= 15 is 0 Å². The van der Waals surface area contributed by atoms with Gasteiger partial charge in [0.25, 0.3) is 0 Å². The van der Waals surface area contributed by atoms with Crippen molar-refractivity contribution in [3.05, 3.63) is 47.3 Å². The number of likely N-dealkylation sites (tertiary alicyclic amines) is 1. The minimum atomic E-state index is 0.0573. The van der Waals surface area contributed by atoms with Gasteiger partial charge in [0.1, 0.15) is 5.75 Å². The average molecular weight is 355 g/mol. The number of benzene rings is 1. The second-order valence-electron chi connectivity index (χ2n) is 7.17. The highest BCUT2D eigenvalue weighted by atomic mass is 16.5. The van der Waals surface area contributed by atoms with Crippen LogP contribution in [0.1, 0.15) is 47.8 Å².